The number of hydrogen-bond acceptors (Lipinski definition) is 4. The highest BCUT2D eigenvalue weighted by atomic mass is 19.1. The van der Waals surface area contributed by atoms with Crippen LogP contribution < -0.4 is 5.32 Å². The maximum Gasteiger partial charge on any atom is 0.226 e. The molecule has 1 saturated heterocycles. The molecule has 1 fully saturated rings. The van der Waals surface area contributed by atoms with E-state index in [1.807, 2.05) is 0 Å². The predicted octanol–water partition coefficient (Wildman–Crippen LogP) is 2.73. The number of rotatable bonds is 4. The minimum Gasteiger partial charge on any atom is -0.339 e. The molecule has 2 heterocycles. The van der Waals surface area contributed by atoms with E-state index in [2.05, 4.69) is 15.5 Å². The first-order chi connectivity index (χ1) is 9.72. The van der Waals surface area contributed by atoms with Gasteiger partial charge >= 0.3 is 0 Å². The molecule has 3 rings (SSSR count). The SMILES string of the molecule is Cc1cc(-c2noc(CCC3CCNC3)n2)ccc1F. The van der Waals surface area contributed by atoms with Gasteiger partial charge < -0.3 is 9.84 Å². The zero-order valence-corrected chi connectivity index (χ0v) is 11.5. The van der Waals surface area contributed by atoms with Gasteiger partial charge in [-0.15, -0.1) is 0 Å². The number of aryl methyl sites for hydroxylation is 2. The van der Waals surface area contributed by atoms with E-state index in [0.29, 0.717) is 23.2 Å². The Morgan fingerprint density at radius 1 is 1.45 bits per heavy atom. The van der Waals surface area contributed by atoms with Crippen LogP contribution in [0.1, 0.15) is 24.3 Å². The average molecular weight is 275 g/mol. The molecule has 5 heteroatoms. The van der Waals surface area contributed by atoms with E-state index in [9.17, 15) is 4.39 Å². The third kappa shape index (κ3) is 2.88. The van der Waals surface area contributed by atoms with Crippen LogP contribution in [0.5, 0.6) is 0 Å². The third-order valence-electron chi connectivity index (χ3n) is 3.81. The Balaban J connectivity index is 1.67. The Morgan fingerprint density at radius 3 is 3.10 bits per heavy atom. The molecule has 1 aliphatic rings. The van der Waals surface area contributed by atoms with Crippen molar-refractivity contribution in [3.05, 3.63) is 35.5 Å². The quantitative estimate of drug-likeness (QED) is 0.932. The van der Waals surface area contributed by atoms with Gasteiger partial charge in [0, 0.05) is 12.0 Å². The van der Waals surface area contributed by atoms with Gasteiger partial charge in [0.15, 0.2) is 0 Å². The molecule has 0 aliphatic carbocycles. The Hall–Kier alpha value is -1.75. The summed E-state index contributed by atoms with van der Waals surface area (Å²) >= 11 is 0. The zero-order valence-electron chi connectivity index (χ0n) is 11.5. The van der Waals surface area contributed by atoms with Crippen molar-refractivity contribution in [2.24, 2.45) is 5.92 Å². The minimum absolute atomic E-state index is 0.216. The summed E-state index contributed by atoms with van der Waals surface area (Å²) in [5.41, 5.74) is 1.38. The lowest BCUT2D eigenvalue weighted by Crippen LogP contribution is -2.09. The van der Waals surface area contributed by atoms with Gasteiger partial charge in [0.1, 0.15) is 5.82 Å². The third-order valence-corrected chi connectivity index (χ3v) is 3.81. The van der Waals surface area contributed by atoms with Crippen molar-refractivity contribution in [1.82, 2.24) is 15.5 Å². The Kier molecular flexibility index (Phi) is 3.78. The first kappa shape index (κ1) is 13.2. The molecular weight excluding hydrogens is 257 g/mol. The van der Waals surface area contributed by atoms with Crippen LogP contribution in [0.25, 0.3) is 11.4 Å². The summed E-state index contributed by atoms with van der Waals surface area (Å²) < 4.78 is 18.5. The van der Waals surface area contributed by atoms with Gasteiger partial charge in [0.05, 0.1) is 0 Å². The molecule has 1 aromatic carbocycles. The van der Waals surface area contributed by atoms with Gasteiger partial charge in [-0.3, -0.25) is 0 Å². The molecular formula is C15H18FN3O. The van der Waals surface area contributed by atoms with Gasteiger partial charge in [0.25, 0.3) is 0 Å². The summed E-state index contributed by atoms with van der Waals surface area (Å²) in [7, 11) is 0. The second-order valence-corrected chi connectivity index (χ2v) is 5.37. The van der Waals surface area contributed by atoms with Crippen LogP contribution in [-0.2, 0) is 6.42 Å². The summed E-state index contributed by atoms with van der Waals surface area (Å²) in [5, 5.41) is 7.33. The van der Waals surface area contributed by atoms with Crippen molar-refractivity contribution in [1.29, 1.82) is 0 Å². The van der Waals surface area contributed by atoms with Gasteiger partial charge in [-0.05, 0) is 62.5 Å². The molecule has 1 aromatic heterocycles. The molecule has 0 amide bonds. The first-order valence-corrected chi connectivity index (χ1v) is 7.02. The van der Waals surface area contributed by atoms with E-state index in [1.54, 1.807) is 19.1 Å². The van der Waals surface area contributed by atoms with Crippen LogP contribution in [0.4, 0.5) is 4.39 Å². The highest BCUT2D eigenvalue weighted by molar-refractivity contribution is 5.55. The minimum atomic E-state index is -0.216. The van der Waals surface area contributed by atoms with Crippen molar-refractivity contribution in [2.45, 2.75) is 26.2 Å². The van der Waals surface area contributed by atoms with Gasteiger partial charge in [-0.1, -0.05) is 5.16 Å². The van der Waals surface area contributed by atoms with Crippen molar-refractivity contribution in [3.8, 4) is 11.4 Å². The normalized spacial score (nSPS) is 18.6. The van der Waals surface area contributed by atoms with Crippen molar-refractivity contribution in [2.75, 3.05) is 13.1 Å². The highest BCUT2D eigenvalue weighted by Crippen LogP contribution is 2.20. The van der Waals surface area contributed by atoms with E-state index >= 15 is 0 Å². The van der Waals surface area contributed by atoms with E-state index in [4.69, 9.17) is 4.52 Å². The fourth-order valence-electron chi connectivity index (χ4n) is 2.55. The molecule has 4 nitrogen and oxygen atoms in total. The summed E-state index contributed by atoms with van der Waals surface area (Å²) in [6.07, 6.45) is 3.09. The second-order valence-electron chi connectivity index (χ2n) is 5.37. The fourth-order valence-corrected chi connectivity index (χ4v) is 2.55. The molecule has 1 aliphatic heterocycles. The molecule has 2 aromatic rings. The van der Waals surface area contributed by atoms with Gasteiger partial charge in [-0.25, -0.2) is 4.39 Å². The van der Waals surface area contributed by atoms with E-state index in [0.717, 1.165) is 31.5 Å². The standard InChI is InChI=1S/C15H18FN3O/c1-10-8-12(3-4-13(10)16)15-18-14(20-19-15)5-2-11-6-7-17-9-11/h3-4,8,11,17H,2,5-7,9H2,1H3. The summed E-state index contributed by atoms with van der Waals surface area (Å²) in [4.78, 5) is 4.39. The summed E-state index contributed by atoms with van der Waals surface area (Å²) in [5.74, 6) is 1.69. The van der Waals surface area contributed by atoms with Crippen LogP contribution >= 0.6 is 0 Å². The molecule has 1 N–H and O–H groups in total. The topological polar surface area (TPSA) is 51.0 Å². The van der Waals surface area contributed by atoms with E-state index in [1.165, 1.54) is 12.5 Å². The fraction of sp³-hybridized carbons (Fsp3) is 0.467. The summed E-state index contributed by atoms with van der Waals surface area (Å²) in [6.45, 7) is 3.92. The van der Waals surface area contributed by atoms with E-state index < -0.39 is 0 Å². The molecule has 0 bridgehead atoms. The van der Waals surface area contributed by atoms with Crippen LogP contribution in [0.15, 0.2) is 22.7 Å². The van der Waals surface area contributed by atoms with Crippen LogP contribution in [0, 0.1) is 18.7 Å². The maximum absolute atomic E-state index is 13.2. The van der Waals surface area contributed by atoms with E-state index in [-0.39, 0.29) is 5.82 Å². The highest BCUT2D eigenvalue weighted by Gasteiger charge is 2.16. The molecule has 106 valence electrons. The number of aromatic nitrogens is 2. The molecule has 20 heavy (non-hydrogen) atoms. The smallest absolute Gasteiger partial charge is 0.226 e. The molecule has 1 unspecified atom stereocenters. The van der Waals surface area contributed by atoms with Crippen LogP contribution in [-0.4, -0.2) is 23.2 Å². The van der Waals surface area contributed by atoms with Crippen molar-refractivity contribution in [3.63, 3.8) is 0 Å². The van der Waals surface area contributed by atoms with Gasteiger partial charge in [-0.2, -0.15) is 4.98 Å². The largest absolute Gasteiger partial charge is 0.339 e. The Morgan fingerprint density at radius 2 is 2.35 bits per heavy atom. The average Bonchev–Trinajstić information content (AvgIpc) is 3.10. The molecule has 0 saturated carbocycles. The Labute approximate surface area is 117 Å². The Bertz CT molecular complexity index is 591. The van der Waals surface area contributed by atoms with Crippen LogP contribution in [0.3, 0.4) is 0 Å². The number of halogens is 1. The van der Waals surface area contributed by atoms with Gasteiger partial charge in [0.2, 0.25) is 11.7 Å². The monoisotopic (exact) mass is 275 g/mol. The lowest BCUT2D eigenvalue weighted by molar-refractivity contribution is 0.365. The van der Waals surface area contributed by atoms with Crippen molar-refractivity contribution < 1.29 is 8.91 Å². The zero-order chi connectivity index (χ0) is 13.9. The molecule has 0 radical (unpaired) electrons. The predicted molar refractivity (Wildman–Crippen MR) is 73.7 cm³/mol. The summed E-state index contributed by atoms with van der Waals surface area (Å²) in [6, 6.07) is 4.85. The number of hydrogen-bond donors (Lipinski definition) is 1. The lowest BCUT2D eigenvalue weighted by Gasteiger charge is -2.03. The van der Waals surface area contributed by atoms with Crippen LogP contribution in [0.2, 0.25) is 0 Å². The molecule has 0 spiro atoms. The number of benzene rings is 1. The molecule has 1 atom stereocenters. The lowest BCUT2D eigenvalue weighted by atomic mass is 10.0. The number of nitrogens with one attached hydrogen (secondary N) is 1. The number of nitrogens with zero attached hydrogens (tertiary/aromatic N) is 2. The first-order valence-electron chi connectivity index (χ1n) is 7.02. The second kappa shape index (κ2) is 5.71. The van der Waals surface area contributed by atoms with Crippen molar-refractivity contribution >= 4 is 0 Å². The maximum atomic E-state index is 13.2.